The first-order chi connectivity index (χ1) is 9.08. The molecule has 0 saturated carbocycles. The number of carboxylic acids is 1. The predicted octanol–water partition coefficient (Wildman–Crippen LogP) is 2.09. The molecule has 5 nitrogen and oxygen atoms in total. The Morgan fingerprint density at radius 3 is 2.79 bits per heavy atom. The Balaban J connectivity index is 2.43. The summed E-state index contributed by atoms with van der Waals surface area (Å²) < 4.78 is 5.16. The van der Waals surface area contributed by atoms with E-state index < -0.39 is 5.97 Å². The van der Waals surface area contributed by atoms with Crippen molar-refractivity contribution in [1.29, 1.82) is 0 Å². The van der Waals surface area contributed by atoms with Crippen molar-refractivity contribution in [2.45, 2.75) is 13.3 Å². The summed E-state index contributed by atoms with van der Waals surface area (Å²) >= 11 is 0. The number of aromatic nitrogens is 2. The highest BCUT2D eigenvalue weighted by Gasteiger charge is 2.08. The molecule has 0 saturated heterocycles. The third-order valence-corrected chi connectivity index (χ3v) is 2.58. The van der Waals surface area contributed by atoms with Crippen LogP contribution >= 0.6 is 0 Å². The molecule has 1 aromatic heterocycles. The van der Waals surface area contributed by atoms with Crippen LogP contribution in [0.4, 0.5) is 0 Å². The highest BCUT2D eigenvalue weighted by molar-refractivity contribution is 5.69. The molecule has 0 atom stereocenters. The fourth-order valence-electron chi connectivity index (χ4n) is 1.77. The zero-order valence-electron chi connectivity index (χ0n) is 10.8. The summed E-state index contributed by atoms with van der Waals surface area (Å²) in [5.41, 5.74) is 2.31. The molecule has 0 aliphatic rings. The topological polar surface area (TPSA) is 72.3 Å². The molecule has 1 aromatic carbocycles. The average Bonchev–Trinajstić information content (AvgIpc) is 2.37. The van der Waals surface area contributed by atoms with Crippen LogP contribution in [0.2, 0.25) is 0 Å². The lowest BCUT2D eigenvalue weighted by Crippen LogP contribution is -2.06. The van der Waals surface area contributed by atoms with Crippen LogP contribution in [0.25, 0.3) is 11.3 Å². The van der Waals surface area contributed by atoms with Gasteiger partial charge in [0, 0.05) is 11.3 Å². The quantitative estimate of drug-likeness (QED) is 0.909. The van der Waals surface area contributed by atoms with E-state index in [1.807, 2.05) is 37.3 Å². The van der Waals surface area contributed by atoms with Crippen LogP contribution < -0.4 is 4.74 Å². The molecule has 0 unspecified atom stereocenters. The Morgan fingerprint density at radius 2 is 2.11 bits per heavy atom. The van der Waals surface area contributed by atoms with Gasteiger partial charge in [0.1, 0.15) is 18.0 Å². The maximum absolute atomic E-state index is 10.7. The Hall–Kier alpha value is -2.43. The lowest BCUT2D eigenvalue weighted by Gasteiger charge is -2.06. The molecule has 0 amide bonds. The summed E-state index contributed by atoms with van der Waals surface area (Å²) in [6.07, 6.45) is -0.182. The molecule has 0 fully saturated rings. The Bertz CT molecular complexity index is 611. The number of hydrogen-bond donors (Lipinski definition) is 1. The summed E-state index contributed by atoms with van der Waals surface area (Å²) in [4.78, 5) is 19.1. The number of aliphatic carboxylic acids is 1. The minimum absolute atomic E-state index is 0.182. The zero-order chi connectivity index (χ0) is 13.8. The number of rotatable bonds is 4. The second-order valence-electron chi connectivity index (χ2n) is 4.11. The van der Waals surface area contributed by atoms with E-state index in [9.17, 15) is 4.79 Å². The van der Waals surface area contributed by atoms with Crippen molar-refractivity contribution in [2.24, 2.45) is 0 Å². The summed E-state index contributed by atoms with van der Waals surface area (Å²) in [5.74, 6) is 0.0982. The molecule has 5 heteroatoms. The maximum atomic E-state index is 10.7. The Morgan fingerprint density at radius 1 is 1.32 bits per heavy atom. The van der Waals surface area contributed by atoms with Crippen molar-refractivity contribution in [3.8, 4) is 17.0 Å². The van der Waals surface area contributed by atoms with Crippen molar-refractivity contribution in [3.63, 3.8) is 0 Å². The minimum Gasteiger partial charge on any atom is -0.497 e. The molecule has 0 radical (unpaired) electrons. The van der Waals surface area contributed by atoms with Crippen molar-refractivity contribution in [1.82, 2.24) is 9.97 Å². The predicted molar refractivity (Wildman–Crippen MR) is 70.1 cm³/mol. The van der Waals surface area contributed by atoms with E-state index in [4.69, 9.17) is 9.84 Å². The standard InChI is InChI=1S/C14H14N2O3/c1-9-6-12(16-13(15-9)8-14(17)18)10-4-3-5-11(7-10)19-2/h3-7H,8H2,1-2H3,(H,17,18). The Labute approximate surface area is 110 Å². The molecule has 1 heterocycles. The van der Waals surface area contributed by atoms with Crippen LogP contribution in [0, 0.1) is 6.92 Å². The molecule has 0 bridgehead atoms. The highest BCUT2D eigenvalue weighted by atomic mass is 16.5. The lowest BCUT2D eigenvalue weighted by molar-refractivity contribution is -0.136. The highest BCUT2D eigenvalue weighted by Crippen LogP contribution is 2.22. The molecule has 0 spiro atoms. The fourth-order valence-corrected chi connectivity index (χ4v) is 1.77. The van der Waals surface area contributed by atoms with E-state index >= 15 is 0 Å². The zero-order valence-corrected chi connectivity index (χ0v) is 10.8. The molecule has 0 aliphatic carbocycles. The van der Waals surface area contributed by atoms with E-state index in [0.717, 1.165) is 17.0 Å². The molecule has 2 aromatic rings. The molecule has 2 rings (SSSR count). The van der Waals surface area contributed by atoms with Crippen LogP contribution in [-0.2, 0) is 11.2 Å². The van der Waals surface area contributed by atoms with Crippen LogP contribution in [0.3, 0.4) is 0 Å². The van der Waals surface area contributed by atoms with Crippen molar-refractivity contribution in [2.75, 3.05) is 7.11 Å². The monoisotopic (exact) mass is 258 g/mol. The number of carboxylic acid groups (broad SMARTS) is 1. The molecule has 0 aliphatic heterocycles. The SMILES string of the molecule is COc1cccc(-c2cc(C)nc(CC(=O)O)n2)c1. The second kappa shape index (κ2) is 5.48. The summed E-state index contributed by atoms with van der Waals surface area (Å²) in [7, 11) is 1.60. The lowest BCUT2D eigenvalue weighted by atomic mass is 10.1. The van der Waals surface area contributed by atoms with E-state index in [1.165, 1.54) is 0 Å². The van der Waals surface area contributed by atoms with Crippen molar-refractivity contribution >= 4 is 5.97 Å². The number of carbonyl (C=O) groups is 1. The number of hydrogen-bond acceptors (Lipinski definition) is 4. The number of nitrogens with zero attached hydrogens (tertiary/aromatic N) is 2. The van der Waals surface area contributed by atoms with Gasteiger partial charge in [-0.15, -0.1) is 0 Å². The van der Waals surface area contributed by atoms with Gasteiger partial charge in [-0.05, 0) is 25.1 Å². The van der Waals surface area contributed by atoms with Gasteiger partial charge < -0.3 is 9.84 Å². The van der Waals surface area contributed by atoms with Gasteiger partial charge in [-0.2, -0.15) is 0 Å². The van der Waals surface area contributed by atoms with E-state index in [2.05, 4.69) is 9.97 Å². The first-order valence-electron chi connectivity index (χ1n) is 5.79. The first kappa shape index (κ1) is 13.0. The molecular weight excluding hydrogens is 244 g/mol. The third kappa shape index (κ3) is 3.28. The van der Waals surface area contributed by atoms with Crippen LogP contribution in [0.5, 0.6) is 5.75 Å². The van der Waals surface area contributed by atoms with E-state index in [1.54, 1.807) is 7.11 Å². The van der Waals surface area contributed by atoms with Gasteiger partial charge in [-0.25, -0.2) is 9.97 Å². The van der Waals surface area contributed by atoms with Gasteiger partial charge in [0.25, 0.3) is 0 Å². The first-order valence-corrected chi connectivity index (χ1v) is 5.79. The van der Waals surface area contributed by atoms with E-state index in [-0.39, 0.29) is 6.42 Å². The van der Waals surface area contributed by atoms with Gasteiger partial charge in [0.15, 0.2) is 0 Å². The summed E-state index contributed by atoms with van der Waals surface area (Å²) in [6.45, 7) is 1.82. The third-order valence-electron chi connectivity index (χ3n) is 2.58. The van der Waals surface area contributed by atoms with Gasteiger partial charge in [-0.1, -0.05) is 12.1 Å². The summed E-state index contributed by atoms with van der Waals surface area (Å²) in [6, 6.07) is 9.28. The molecule has 98 valence electrons. The average molecular weight is 258 g/mol. The normalized spacial score (nSPS) is 10.2. The van der Waals surface area contributed by atoms with Crippen LogP contribution in [-0.4, -0.2) is 28.2 Å². The van der Waals surface area contributed by atoms with Crippen LogP contribution in [0.1, 0.15) is 11.5 Å². The van der Waals surface area contributed by atoms with E-state index in [0.29, 0.717) is 11.5 Å². The largest absolute Gasteiger partial charge is 0.497 e. The smallest absolute Gasteiger partial charge is 0.311 e. The number of ether oxygens (including phenoxy) is 1. The fraction of sp³-hybridized carbons (Fsp3) is 0.214. The second-order valence-corrected chi connectivity index (χ2v) is 4.11. The molecular formula is C14H14N2O3. The van der Waals surface area contributed by atoms with Gasteiger partial charge in [0.05, 0.1) is 12.8 Å². The number of aryl methyl sites for hydroxylation is 1. The van der Waals surface area contributed by atoms with Crippen molar-refractivity contribution in [3.05, 3.63) is 41.9 Å². The Kier molecular flexibility index (Phi) is 3.75. The van der Waals surface area contributed by atoms with Crippen molar-refractivity contribution < 1.29 is 14.6 Å². The van der Waals surface area contributed by atoms with Gasteiger partial charge in [-0.3, -0.25) is 4.79 Å². The number of methoxy groups -OCH3 is 1. The number of benzene rings is 1. The maximum Gasteiger partial charge on any atom is 0.311 e. The minimum atomic E-state index is -0.942. The van der Waals surface area contributed by atoms with Crippen LogP contribution in [0.15, 0.2) is 30.3 Å². The van der Waals surface area contributed by atoms with Gasteiger partial charge >= 0.3 is 5.97 Å². The summed E-state index contributed by atoms with van der Waals surface area (Å²) in [5, 5.41) is 8.80. The van der Waals surface area contributed by atoms with Gasteiger partial charge in [0.2, 0.25) is 0 Å². The molecule has 1 N–H and O–H groups in total. The molecule has 19 heavy (non-hydrogen) atoms.